The average molecular weight is 272 g/mol. The van der Waals surface area contributed by atoms with Crippen molar-refractivity contribution < 1.29 is 4.79 Å². The number of nitrogens with zero attached hydrogens (tertiary/aromatic N) is 1. The van der Waals surface area contributed by atoms with Crippen LogP contribution in [0.5, 0.6) is 0 Å². The second-order valence-electron chi connectivity index (χ2n) is 6.00. The Morgan fingerprint density at radius 3 is 2.50 bits per heavy atom. The van der Waals surface area contributed by atoms with Gasteiger partial charge in [-0.3, -0.25) is 9.69 Å². The van der Waals surface area contributed by atoms with Crippen LogP contribution in [0.15, 0.2) is 24.3 Å². The number of carbonyl (C=O) groups excluding carboxylic acids is 1. The molecule has 1 fully saturated rings. The molecule has 1 N–H and O–H groups in total. The summed E-state index contributed by atoms with van der Waals surface area (Å²) in [6.07, 6.45) is 8.39. The van der Waals surface area contributed by atoms with Crippen molar-refractivity contribution in [3.8, 4) is 0 Å². The van der Waals surface area contributed by atoms with Gasteiger partial charge in [-0.1, -0.05) is 37.5 Å². The third-order valence-electron chi connectivity index (χ3n) is 4.60. The highest BCUT2D eigenvalue weighted by molar-refractivity contribution is 5.96. The predicted octanol–water partition coefficient (Wildman–Crippen LogP) is 3.21. The number of hydrogen-bond donors (Lipinski definition) is 1. The Hall–Kier alpha value is -1.35. The lowest BCUT2D eigenvalue weighted by atomic mass is 10.0. The van der Waals surface area contributed by atoms with Crippen LogP contribution < -0.4 is 5.32 Å². The average Bonchev–Trinajstić information content (AvgIpc) is 2.58. The molecule has 0 aromatic heterocycles. The zero-order chi connectivity index (χ0) is 13.8. The largest absolute Gasteiger partial charge is 0.324 e. The van der Waals surface area contributed by atoms with Gasteiger partial charge in [0.05, 0.1) is 6.04 Å². The summed E-state index contributed by atoms with van der Waals surface area (Å²) >= 11 is 0. The third-order valence-corrected chi connectivity index (χ3v) is 4.60. The van der Waals surface area contributed by atoms with Crippen LogP contribution in [0, 0.1) is 0 Å². The molecule has 0 spiro atoms. The third kappa shape index (κ3) is 3.04. The summed E-state index contributed by atoms with van der Waals surface area (Å²) in [4.78, 5) is 14.9. The summed E-state index contributed by atoms with van der Waals surface area (Å²) in [5.41, 5.74) is 2.28. The normalized spacial score (nSPS) is 25.0. The molecule has 20 heavy (non-hydrogen) atoms. The number of rotatable bonds is 1. The molecule has 0 radical (unpaired) electrons. The maximum absolute atomic E-state index is 12.5. The first-order chi connectivity index (χ1) is 9.84. The highest BCUT2D eigenvalue weighted by atomic mass is 16.2. The van der Waals surface area contributed by atoms with Gasteiger partial charge in [-0.25, -0.2) is 0 Å². The molecule has 3 rings (SSSR count). The Morgan fingerprint density at radius 1 is 1.00 bits per heavy atom. The number of hydrogen-bond acceptors (Lipinski definition) is 2. The molecule has 108 valence electrons. The summed E-state index contributed by atoms with van der Waals surface area (Å²) in [6, 6.07) is 8.26. The van der Waals surface area contributed by atoms with Crippen molar-refractivity contribution in [1.82, 2.24) is 4.90 Å². The Balaban J connectivity index is 1.73. The van der Waals surface area contributed by atoms with E-state index in [0.717, 1.165) is 31.6 Å². The van der Waals surface area contributed by atoms with E-state index in [9.17, 15) is 4.79 Å². The molecule has 2 aliphatic heterocycles. The van der Waals surface area contributed by atoms with Gasteiger partial charge in [0.2, 0.25) is 5.91 Å². The second kappa shape index (κ2) is 6.40. The van der Waals surface area contributed by atoms with Gasteiger partial charge < -0.3 is 5.32 Å². The van der Waals surface area contributed by atoms with Gasteiger partial charge in [-0.15, -0.1) is 0 Å². The maximum atomic E-state index is 12.5. The lowest BCUT2D eigenvalue weighted by Gasteiger charge is -2.31. The van der Waals surface area contributed by atoms with E-state index < -0.39 is 0 Å². The second-order valence-corrected chi connectivity index (χ2v) is 6.00. The van der Waals surface area contributed by atoms with Crippen molar-refractivity contribution in [3.63, 3.8) is 0 Å². The SMILES string of the molecule is O=C1Nc2ccccc2CC[C@H]1N1CCCCCCC1. The van der Waals surface area contributed by atoms with E-state index in [4.69, 9.17) is 0 Å². The van der Waals surface area contributed by atoms with E-state index in [0.29, 0.717) is 0 Å². The summed E-state index contributed by atoms with van der Waals surface area (Å²) in [7, 11) is 0. The Bertz CT molecular complexity index is 464. The Labute approximate surface area is 121 Å². The number of likely N-dealkylation sites (tertiary alicyclic amines) is 1. The van der Waals surface area contributed by atoms with E-state index in [2.05, 4.69) is 22.3 Å². The lowest BCUT2D eigenvalue weighted by Crippen LogP contribution is -2.45. The molecule has 3 heteroatoms. The maximum Gasteiger partial charge on any atom is 0.241 e. The van der Waals surface area contributed by atoms with Crippen LogP contribution in [0.2, 0.25) is 0 Å². The molecule has 0 bridgehead atoms. The topological polar surface area (TPSA) is 32.3 Å². The van der Waals surface area contributed by atoms with Crippen molar-refractivity contribution in [1.29, 1.82) is 0 Å². The molecule has 1 aromatic carbocycles. The van der Waals surface area contributed by atoms with Gasteiger partial charge >= 0.3 is 0 Å². The van der Waals surface area contributed by atoms with Crippen LogP contribution in [0.25, 0.3) is 0 Å². The predicted molar refractivity (Wildman–Crippen MR) is 81.8 cm³/mol. The number of fused-ring (bicyclic) bond motifs is 1. The van der Waals surface area contributed by atoms with E-state index in [-0.39, 0.29) is 11.9 Å². The number of amides is 1. The van der Waals surface area contributed by atoms with Crippen molar-refractivity contribution in [3.05, 3.63) is 29.8 Å². The highest BCUT2D eigenvalue weighted by Crippen LogP contribution is 2.24. The monoisotopic (exact) mass is 272 g/mol. The van der Waals surface area contributed by atoms with E-state index >= 15 is 0 Å². The first kappa shape index (κ1) is 13.6. The fourth-order valence-corrected chi connectivity index (χ4v) is 3.43. The van der Waals surface area contributed by atoms with E-state index in [1.54, 1.807) is 0 Å². The minimum atomic E-state index is 0.0560. The molecule has 2 aliphatic rings. The van der Waals surface area contributed by atoms with Crippen molar-refractivity contribution in [2.24, 2.45) is 0 Å². The molecule has 1 aromatic rings. The van der Waals surface area contributed by atoms with E-state index in [1.807, 2.05) is 12.1 Å². The first-order valence-corrected chi connectivity index (χ1v) is 7.97. The fourth-order valence-electron chi connectivity index (χ4n) is 3.43. The minimum Gasteiger partial charge on any atom is -0.324 e. The van der Waals surface area contributed by atoms with Crippen LogP contribution >= 0.6 is 0 Å². The molecular formula is C17H24N2O. The van der Waals surface area contributed by atoms with Crippen LogP contribution in [0.3, 0.4) is 0 Å². The van der Waals surface area contributed by atoms with Crippen LogP contribution in [-0.4, -0.2) is 29.9 Å². The Morgan fingerprint density at radius 2 is 1.70 bits per heavy atom. The number of para-hydroxylation sites is 1. The van der Waals surface area contributed by atoms with Crippen LogP contribution in [0.1, 0.15) is 44.1 Å². The molecular weight excluding hydrogens is 248 g/mol. The minimum absolute atomic E-state index is 0.0560. The Kier molecular flexibility index (Phi) is 4.36. The molecule has 2 heterocycles. The summed E-state index contributed by atoms with van der Waals surface area (Å²) < 4.78 is 0. The lowest BCUT2D eigenvalue weighted by molar-refractivity contribution is -0.121. The van der Waals surface area contributed by atoms with Gasteiger partial charge in [0.15, 0.2) is 0 Å². The first-order valence-electron chi connectivity index (χ1n) is 7.97. The molecule has 3 nitrogen and oxygen atoms in total. The molecule has 1 atom stereocenters. The van der Waals surface area contributed by atoms with Crippen molar-refractivity contribution >= 4 is 11.6 Å². The molecule has 1 amide bonds. The molecule has 0 unspecified atom stereocenters. The number of aryl methyl sites for hydroxylation is 1. The number of benzene rings is 1. The highest BCUT2D eigenvalue weighted by Gasteiger charge is 2.28. The number of nitrogens with one attached hydrogen (secondary N) is 1. The summed E-state index contributed by atoms with van der Waals surface area (Å²) in [5.74, 6) is 0.190. The van der Waals surface area contributed by atoms with Crippen molar-refractivity contribution in [2.75, 3.05) is 18.4 Å². The van der Waals surface area contributed by atoms with Crippen molar-refractivity contribution in [2.45, 2.75) is 51.0 Å². The van der Waals surface area contributed by atoms with Gasteiger partial charge in [0.25, 0.3) is 0 Å². The fraction of sp³-hybridized carbons (Fsp3) is 0.588. The van der Waals surface area contributed by atoms with Crippen LogP contribution in [-0.2, 0) is 11.2 Å². The van der Waals surface area contributed by atoms with Gasteiger partial charge in [-0.2, -0.15) is 0 Å². The van der Waals surface area contributed by atoms with Gasteiger partial charge in [-0.05, 0) is 50.4 Å². The molecule has 0 aliphatic carbocycles. The standard InChI is InChI=1S/C17H24N2O/c20-17-16(19-12-6-2-1-3-7-13-19)11-10-14-8-4-5-9-15(14)18-17/h4-5,8-9,16H,1-3,6-7,10-13H2,(H,18,20)/t16-/m1/s1. The van der Waals surface area contributed by atoms with E-state index in [1.165, 1.54) is 37.7 Å². The quantitative estimate of drug-likeness (QED) is 0.851. The molecule has 0 saturated carbocycles. The zero-order valence-electron chi connectivity index (χ0n) is 12.1. The van der Waals surface area contributed by atoms with Gasteiger partial charge in [0.1, 0.15) is 0 Å². The summed E-state index contributed by atoms with van der Waals surface area (Å²) in [5, 5.41) is 3.13. The number of carbonyl (C=O) groups is 1. The zero-order valence-corrected chi connectivity index (χ0v) is 12.1. The van der Waals surface area contributed by atoms with Gasteiger partial charge in [0, 0.05) is 5.69 Å². The number of anilines is 1. The molecule has 1 saturated heterocycles. The van der Waals surface area contributed by atoms with Crippen LogP contribution in [0.4, 0.5) is 5.69 Å². The smallest absolute Gasteiger partial charge is 0.241 e. The summed E-state index contributed by atoms with van der Waals surface area (Å²) in [6.45, 7) is 2.16.